The van der Waals surface area contributed by atoms with Gasteiger partial charge in [-0.3, -0.25) is 9.69 Å². The second-order valence-electron chi connectivity index (χ2n) is 11.7. The summed E-state index contributed by atoms with van der Waals surface area (Å²) in [7, 11) is 0. The van der Waals surface area contributed by atoms with Crippen LogP contribution in [0.25, 0.3) is 0 Å². The van der Waals surface area contributed by atoms with Gasteiger partial charge in [0.25, 0.3) is 0 Å². The molecular weight excluding hydrogens is 396 g/mol. The molecule has 0 radical (unpaired) electrons. The second kappa shape index (κ2) is 7.46. The first-order chi connectivity index (χ1) is 15.1. The van der Waals surface area contributed by atoms with Crippen molar-refractivity contribution in [3.8, 4) is 0 Å². The van der Waals surface area contributed by atoms with E-state index in [9.17, 15) is 9.59 Å². The second-order valence-corrected chi connectivity index (χ2v) is 11.7. The Bertz CT molecular complexity index is 988. The number of hydrogen-bond acceptors (Lipinski definition) is 2. The first-order valence-corrected chi connectivity index (χ1v) is 12.5. The number of piperidine rings is 1. The van der Waals surface area contributed by atoms with Crippen molar-refractivity contribution in [3.05, 3.63) is 40.6 Å². The van der Waals surface area contributed by atoms with E-state index in [2.05, 4.69) is 52.1 Å². The van der Waals surface area contributed by atoms with Gasteiger partial charge in [0.1, 0.15) is 0 Å². The smallest absolute Gasteiger partial charge is 0.307 e. The van der Waals surface area contributed by atoms with Gasteiger partial charge in [-0.1, -0.05) is 38.0 Å². The monoisotopic (exact) mass is 434 g/mol. The topological polar surface area (TPSA) is 49.4 Å². The SMILES string of the molecule is Cc1cc(C)c(NC(=O)N2C[C@H]3[C@@H]4CCC[C@@]4(C)CC[C@@H]3[C@@]3(C)CCC(=O)C=C23)c(C)c1. The summed E-state index contributed by atoms with van der Waals surface area (Å²) < 4.78 is 0. The predicted molar refractivity (Wildman–Crippen MR) is 128 cm³/mol. The summed E-state index contributed by atoms with van der Waals surface area (Å²) in [6.07, 6.45) is 9.73. The van der Waals surface area contributed by atoms with Crippen molar-refractivity contribution < 1.29 is 9.59 Å². The fraction of sp³-hybridized carbons (Fsp3) is 0.643. The summed E-state index contributed by atoms with van der Waals surface area (Å²) >= 11 is 0. The van der Waals surface area contributed by atoms with E-state index in [0.717, 1.165) is 35.5 Å². The number of nitrogens with one attached hydrogen (secondary N) is 1. The van der Waals surface area contributed by atoms with Crippen LogP contribution in [0.5, 0.6) is 0 Å². The van der Waals surface area contributed by atoms with Crippen LogP contribution in [-0.2, 0) is 4.79 Å². The Kier molecular flexibility index (Phi) is 5.07. The van der Waals surface area contributed by atoms with Gasteiger partial charge in [-0.05, 0) is 87.2 Å². The highest BCUT2D eigenvalue weighted by Crippen LogP contribution is 2.63. The third kappa shape index (κ3) is 3.24. The van der Waals surface area contributed by atoms with Gasteiger partial charge < -0.3 is 5.32 Å². The molecule has 0 unspecified atom stereocenters. The number of urea groups is 1. The van der Waals surface area contributed by atoms with Crippen LogP contribution in [0.4, 0.5) is 10.5 Å². The van der Waals surface area contributed by atoms with Gasteiger partial charge in [-0.15, -0.1) is 0 Å². The van der Waals surface area contributed by atoms with E-state index in [1.54, 1.807) is 6.08 Å². The Morgan fingerprint density at radius 2 is 1.75 bits per heavy atom. The molecule has 1 aromatic carbocycles. The summed E-state index contributed by atoms with van der Waals surface area (Å²) in [5.74, 6) is 1.95. The van der Waals surface area contributed by atoms with Gasteiger partial charge in [0, 0.05) is 35.8 Å². The van der Waals surface area contributed by atoms with E-state index in [-0.39, 0.29) is 17.2 Å². The average Bonchev–Trinajstić information content (AvgIpc) is 3.12. The highest BCUT2D eigenvalue weighted by Gasteiger charge is 2.58. The van der Waals surface area contributed by atoms with Crippen LogP contribution >= 0.6 is 0 Å². The normalized spacial score (nSPS) is 36.2. The van der Waals surface area contributed by atoms with Crippen LogP contribution < -0.4 is 5.32 Å². The fourth-order valence-corrected chi connectivity index (χ4v) is 8.04. The number of allylic oxidation sites excluding steroid dienone is 2. The average molecular weight is 435 g/mol. The molecule has 1 N–H and O–H groups in total. The quantitative estimate of drug-likeness (QED) is 0.545. The van der Waals surface area contributed by atoms with Crippen LogP contribution in [0.1, 0.15) is 75.5 Å². The molecule has 0 aromatic heterocycles. The molecule has 4 nitrogen and oxygen atoms in total. The molecule has 172 valence electrons. The molecule has 0 bridgehead atoms. The number of ketones is 1. The zero-order chi connectivity index (χ0) is 22.8. The van der Waals surface area contributed by atoms with E-state index >= 15 is 0 Å². The third-order valence-corrected chi connectivity index (χ3v) is 9.65. The summed E-state index contributed by atoms with van der Waals surface area (Å²) in [6.45, 7) is 11.8. The number of hydrogen-bond donors (Lipinski definition) is 1. The number of nitrogens with zero attached hydrogens (tertiary/aromatic N) is 1. The minimum Gasteiger partial charge on any atom is -0.307 e. The van der Waals surface area contributed by atoms with Gasteiger partial charge in [-0.25, -0.2) is 4.79 Å². The summed E-state index contributed by atoms with van der Waals surface area (Å²) in [4.78, 5) is 28.2. The van der Waals surface area contributed by atoms with E-state index in [1.165, 1.54) is 37.7 Å². The van der Waals surface area contributed by atoms with Crippen molar-refractivity contribution in [1.82, 2.24) is 4.90 Å². The standard InChI is InChI=1S/C28H38N2O2/c1-17-13-18(2)25(19(3)14-17)29-26(32)30-16-21-22-7-6-10-27(22,4)11-9-23(21)28(5)12-8-20(31)15-24(28)30/h13-15,21-23H,6-12,16H2,1-5H3,(H,29,32)/t21-,22-,23-,27-,28+/m0/s1. The van der Waals surface area contributed by atoms with Crippen molar-refractivity contribution in [2.75, 3.05) is 11.9 Å². The first kappa shape index (κ1) is 21.7. The third-order valence-electron chi connectivity index (χ3n) is 9.65. The van der Waals surface area contributed by atoms with E-state index in [4.69, 9.17) is 0 Å². The number of carbonyl (C=O) groups excluding carboxylic acids is 2. The highest BCUT2D eigenvalue weighted by atomic mass is 16.2. The van der Waals surface area contributed by atoms with Crippen LogP contribution in [0.3, 0.4) is 0 Å². The lowest BCUT2D eigenvalue weighted by Crippen LogP contribution is -2.59. The molecule has 3 aliphatic carbocycles. The highest BCUT2D eigenvalue weighted by molar-refractivity contribution is 5.96. The number of benzene rings is 1. The molecule has 1 aliphatic heterocycles. The minimum absolute atomic E-state index is 0.0732. The van der Waals surface area contributed by atoms with Crippen molar-refractivity contribution >= 4 is 17.5 Å². The van der Waals surface area contributed by atoms with Crippen molar-refractivity contribution in [2.45, 2.75) is 79.6 Å². The fourth-order valence-electron chi connectivity index (χ4n) is 8.04. The summed E-state index contributed by atoms with van der Waals surface area (Å²) in [5.41, 5.74) is 5.59. The number of rotatable bonds is 1. The maximum atomic E-state index is 13.8. The number of fused-ring (bicyclic) bond motifs is 5. The Labute approximate surface area is 192 Å². The maximum Gasteiger partial charge on any atom is 0.326 e. The molecular formula is C28H38N2O2. The predicted octanol–water partition coefficient (Wildman–Crippen LogP) is 6.55. The molecule has 2 amide bonds. The summed E-state index contributed by atoms with van der Waals surface area (Å²) in [5, 5.41) is 3.24. The van der Waals surface area contributed by atoms with Gasteiger partial charge in [0.15, 0.2) is 5.78 Å². The number of carbonyl (C=O) groups is 2. The van der Waals surface area contributed by atoms with Gasteiger partial charge in [0.05, 0.1) is 0 Å². The number of amides is 2. The lowest BCUT2D eigenvalue weighted by Gasteiger charge is -2.59. The number of likely N-dealkylation sites (tertiary alicyclic amines) is 1. The molecule has 3 fully saturated rings. The zero-order valence-electron chi connectivity index (χ0n) is 20.4. The lowest BCUT2D eigenvalue weighted by molar-refractivity contribution is -0.118. The zero-order valence-corrected chi connectivity index (χ0v) is 20.4. The van der Waals surface area contributed by atoms with E-state index < -0.39 is 0 Å². The molecule has 32 heavy (non-hydrogen) atoms. The first-order valence-electron chi connectivity index (χ1n) is 12.5. The van der Waals surface area contributed by atoms with E-state index in [1.807, 2.05) is 4.90 Å². The van der Waals surface area contributed by atoms with E-state index in [0.29, 0.717) is 29.6 Å². The molecule has 2 saturated carbocycles. The molecule has 1 aromatic rings. The Morgan fingerprint density at radius 1 is 1.03 bits per heavy atom. The molecule has 5 rings (SSSR count). The van der Waals surface area contributed by atoms with Crippen LogP contribution in [-0.4, -0.2) is 23.3 Å². The number of anilines is 1. The molecule has 4 heteroatoms. The largest absolute Gasteiger partial charge is 0.326 e. The molecule has 1 saturated heterocycles. The Hall–Kier alpha value is -2.10. The van der Waals surface area contributed by atoms with Gasteiger partial charge in [-0.2, -0.15) is 0 Å². The molecule has 4 aliphatic rings. The molecule has 1 heterocycles. The van der Waals surface area contributed by atoms with Gasteiger partial charge >= 0.3 is 6.03 Å². The summed E-state index contributed by atoms with van der Waals surface area (Å²) in [6, 6.07) is 4.16. The maximum absolute atomic E-state index is 13.8. The van der Waals surface area contributed by atoms with Crippen LogP contribution in [0.2, 0.25) is 0 Å². The Morgan fingerprint density at radius 3 is 2.47 bits per heavy atom. The van der Waals surface area contributed by atoms with Crippen molar-refractivity contribution in [3.63, 3.8) is 0 Å². The minimum atomic E-state index is -0.0878. The lowest BCUT2D eigenvalue weighted by atomic mass is 9.50. The molecule has 5 atom stereocenters. The van der Waals surface area contributed by atoms with Crippen LogP contribution in [0, 0.1) is 49.4 Å². The van der Waals surface area contributed by atoms with Crippen molar-refractivity contribution in [2.24, 2.45) is 28.6 Å². The van der Waals surface area contributed by atoms with Crippen LogP contribution in [0.15, 0.2) is 23.9 Å². The van der Waals surface area contributed by atoms with Gasteiger partial charge in [0.2, 0.25) is 0 Å². The number of aryl methyl sites for hydroxylation is 3. The molecule has 0 spiro atoms. The van der Waals surface area contributed by atoms with Crippen molar-refractivity contribution in [1.29, 1.82) is 0 Å². The Balaban J connectivity index is 1.52.